The Bertz CT molecular complexity index is 943. The summed E-state index contributed by atoms with van der Waals surface area (Å²) in [5, 5.41) is 12.4. The molecule has 0 saturated carbocycles. The van der Waals surface area contributed by atoms with E-state index in [2.05, 4.69) is 10.1 Å². The molecule has 7 heteroatoms. The number of rotatable bonds is 3. The summed E-state index contributed by atoms with van der Waals surface area (Å²) in [6.07, 6.45) is -0.360. The van der Waals surface area contributed by atoms with Crippen molar-refractivity contribution in [3.05, 3.63) is 57.0 Å². The van der Waals surface area contributed by atoms with Crippen molar-refractivity contribution < 1.29 is 9.90 Å². The number of carboxylic acids is 1. The Morgan fingerprint density at radius 3 is 2.82 bits per heavy atom. The Labute approximate surface area is 130 Å². The number of halogens is 1. The fourth-order valence-electron chi connectivity index (χ4n) is 2.34. The Kier molecular flexibility index (Phi) is 3.46. The van der Waals surface area contributed by atoms with E-state index in [0.29, 0.717) is 22.1 Å². The molecular weight excluding hydrogens is 306 g/mol. The number of carboxylic acid groups (broad SMARTS) is 1. The zero-order valence-electron chi connectivity index (χ0n) is 11.6. The van der Waals surface area contributed by atoms with Crippen LogP contribution in [-0.4, -0.2) is 25.7 Å². The molecule has 6 nitrogen and oxygen atoms in total. The molecule has 0 spiro atoms. The van der Waals surface area contributed by atoms with E-state index in [4.69, 9.17) is 16.7 Å². The fourth-order valence-corrected chi connectivity index (χ4v) is 2.58. The predicted octanol–water partition coefficient (Wildman–Crippen LogP) is 2.28. The summed E-state index contributed by atoms with van der Waals surface area (Å²) in [6.45, 7) is 1.63. The van der Waals surface area contributed by atoms with Crippen molar-refractivity contribution in [1.82, 2.24) is 14.6 Å². The van der Waals surface area contributed by atoms with Gasteiger partial charge >= 0.3 is 5.97 Å². The summed E-state index contributed by atoms with van der Waals surface area (Å²) in [6, 6.07) is 8.93. The van der Waals surface area contributed by atoms with Crippen molar-refractivity contribution >= 4 is 23.2 Å². The number of aliphatic carboxylic acids is 1. The number of nitrogens with one attached hydrogen (secondary N) is 1. The number of aromatic nitrogens is 3. The first-order valence-electron chi connectivity index (χ1n) is 6.55. The zero-order chi connectivity index (χ0) is 15.9. The highest BCUT2D eigenvalue weighted by Gasteiger charge is 2.15. The molecule has 0 aliphatic rings. The maximum Gasteiger partial charge on any atom is 0.308 e. The molecule has 0 radical (unpaired) electrons. The van der Waals surface area contributed by atoms with E-state index in [1.807, 2.05) is 18.2 Å². The van der Waals surface area contributed by atoms with Crippen LogP contribution in [0, 0.1) is 6.92 Å². The molecule has 0 aliphatic carbocycles. The van der Waals surface area contributed by atoms with E-state index in [-0.39, 0.29) is 12.0 Å². The Hall–Kier alpha value is -2.60. The lowest BCUT2D eigenvalue weighted by Gasteiger charge is -2.02. The second-order valence-electron chi connectivity index (χ2n) is 4.89. The van der Waals surface area contributed by atoms with Gasteiger partial charge in [0.2, 0.25) is 0 Å². The average Bonchev–Trinajstić information content (AvgIpc) is 2.87. The normalized spacial score (nSPS) is 11.0. The number of benzene rings is 1. The third-order valence-electron chi connectivity index (χ3n) is 3.41. The van der Waals surface area contributed by atoms with Gasteiger partial charge in [-0.15, -0.1) is 0 Å². The maximum absolute atomic E-state index is 12.4. The molecule has 0 aliphatic heterocycles. The molecule has 0 unspecified atom stereocenters. The van der Waals surface area contributed by atoms with Crippen LogP contribution in [0.4, 0.5) is 0 Å². The topological polar surface area (TPSA) is 87.5 Å². The molecule has 0 bridgehead atoms. The number of carbonyl (C=O) groups is 1. The van der Waals surface area contributed by atoms with E-state index in [0.717, 1.165) is 5.56 Å². The molecule has 0 fully saturated rings. The van der Waals surface area contributed by atoms with Gasteiger partial charge in [0.1, 0.15) is 0 Å². The summed E-state index contributed by atoms with van der Waals surface area (Å²) >= 11 is 6.15. The quantitative estimate of drug-likeness (QED) is 0.775. The summed E-state index contributed by atoms with van der Waals surface area (Å²) in [4.78, 5) is 27.6. The number of nitrogens with zero attached hydrogens (tertiary/aromatic N) is 2. The summed E-state index contributed by atoms with van der Waals surface area (Å²) < 4.78 is 1.24. The maximum atomic E-state index is 12.4. The summed E-state index contributed by atoms with van der Waals surface area (Å²) in [7, 11) is 0. The highest BCUT2D eigenvalue weighted by atomic mass is 35.5. The van der Waals surface area contributed by atoms with Gasteiger partial charge in [0.05, 0.1) is 17.7 Å². The first-order valence-corrected chi connectivity index (χ1v) is 6.93. The van der Waals surface area contributed by atoms with Crippen molar-refractivity contribution in [3.63, 3.8) is 0 Å². The number of hydrogen-bond donors (Lipinski definition) is 2. The van der Waals surface area contributed by atoms with Crippen LogP contribution >= 0.6 is 11.6 Å². The SMILES string of the molecule is Cc1nc2cc(-c3ccccc3Cl)[nH]n2c(=O)c1CC(=O)O. The Morgan fingerprint density at radius 1 is 1.41 bits per heavy atom. The lowest BCUT2D eigenvalue weighted by atomic mass is 10.1. The van der Waals surface area contributed by atoms with Crippen LogP contribution in [0.1, 0.15) is 11.3 Å². The minimum absolute atomic E-state index is 0.164. The molecule has 22 heavy (non-hydrogen) atoms. The lowest BCUT2D eigenvalue weighted by Crippen LogP contribution is -2.23. The second-order valence-corrected chi connectivity index (χ2v) is 5.30. The van der Waals surface area contributed by atoms with Gasteiger partial charge in [-0.25, -0.2) is 9.50 Å². The van der Waals surface area contributed by atoms with E-state index in [1.165, 1.54) is 4.52 Å². The van der Waals surface area contributed by atoms with Gasteiger partial charge in [0, 0.05) is 22.3 Å². The van der Waals surface area contributed by atoms with Crippen molar-refractivity contribution in [1.29, 1.82) is 0 Å². The number of aromatic amines is 1. The van der Waals surface area contributed by atoms with Crippen LogP contribution < -0.4 is 5.56 Å². The van der Waals surface area contributed by atoms with Gasteiger partial charge in [0.15, 0.2) is 5.65 Å². The number of aryl methyl sites for hydroxylation is 1. The number of hydrogen-bond acceptors (Lipinski definition) is 3. The lowest BCUT2D eigenvalue weighted by molar-refractivity contribution is -0.136. The minimum atomic E-state index is -1.07. The molecule has 3 rings (SSSR count). The van der Waals surface area contributed by atoms with Crippen LogP contribution in [0.5, 0.6) is 0 Å². The summed E-state index contributed by atoms with van der Waals surface area (Å²) in [5.41, 5.74) is 1.97. The molecule has 2 heterocycles. The van der Waals surface area contributed by atoms with E-state index in [9.17, 15) is 9.59 Å². The average molecular weight is 318 g/mol. The van der Waals surface area contributed by atoms with Gasteiger partial charge in [-0.3, -0.25) is 14.7 Å². The highest BCUT2D eigenvalue weighted by molar-refractivity contribution is 6.33. The smallest absolute Gasteiger partial charge is 0.308 e. The molecule has 0 atom stereocenters. The number of H-pyrrole nitrogens is 1. The molecule has 1 aromatic carbocycles. The minimum Gasteiger partial charge on any atom is -0.481 e. The largest absolute Gasteiger partial charge is 0.481 e. The van der Waals surface area contributed by atoms with E-state index >= 15 is 0 Å². The molecule has 112 valence electrons. The third kappa shape index (κ3) is 2.37. The number of fused-ring (bicyclic) bond motifs is 1. The van der Waals surface area contributed by atoms with Crippen LogP contribution in [0.15, 0.2) is 35.1 Å². The standard InChI is InChI=1S/C15H12ClN3O3/c1-8-10(6-14(20)21)15(22)19-13(17-8)7-12(18-19)9-4-2-3-5-11(9)16/h2-5,7,18H,6H2,1H3,(H,20,21). The van der Waals surface area contributed by atoms with Gasteiger partial charge in [-0.05, 0) is 13.0 Å². The molecule has 2 N–H and O–H groups in total. The van der Waals surface area contributed by atoms with Crippen molar-refractivity contribution in [2.75, 3.05) is 0 Å². The van der Waals surface area contributed by atoms with Crippen LogP contribution in [0.2, 0.25) is 5.02 Å². The van der Waals surface area contributed by atoms with Gasteiger partial charge in [-0.1, -0.05) is 29.8 Å². The molecule has 2 aromatic heterocycles. The monoisotopic (exact) mass is 317 g/mol. The first-order chi connectivity index (χ1) is 10.5. The Balaban J connectivity index is 2.23. The van der Waals surface area contributed by atoms with E-state index in [1.54, 1.807) is 19.1 Å². The van der Waals surface area contributed by atoms with Crippen molar-refractivity contribution in [2.45, 2.75) is 13.3 Å². The van der Waals surface area contributed by atoms with E-state index < -0.39 is 11.5 Å². The molecule has 0 saturated heterocycles. The molecule has 3 aromatic rings. The van der Waals surface area contributed by atoms with Gasteiger partial charge < -0.3 is 5.11 Å². The molecular formula is C15H12ClN3O3. The van der Waals surface area contributed by atoms with Gasteiger partial charge in [0.25, 0.3) is 5.56 Å². The van der Waals surface area contributed by atoms with Crippen molar-refractivity contribution in [3.8, 4) is 11.3 Å². The first kappa shape index (κ1) is 14.3. The van der Waals surface area contributed by atoms with Crippen LogP contribution in [-0.2, 0) is 11.2 Å². The fraction of sp³-hybridized carbons (Fsp3) is 0.133. The predicted molar refractivity (Wildman–Crippen MR) is 82.3 cm³/mol. The van der Waals surface area contributed by atoms with Crippen LogP contribution in [0.25, 0.3) is 16.9 Å². The second kappa shape index (κ2) is 5.31. The Morgan fingerprint density at radius 2 is 2.14 bits per heavy atom. The highest BCUT2D eigenvalue weighted by Crippen LogP contribution is 2.26. The van der Waals surface area contributed by atoms with Gasteiger partial charge in [-0.2, -0.15) is 0 Å². The molecule has 0 amide bonds. The summed E-state index contributed by atoms with van der Waals surface area (Å²) in [5.74, 6) is -1.07. The zero-order valence-corrected chi connectivity index (χ0v) is 12.4. The third-order valence-corrected chi connectivity index (χ3v) is 3.74. The van der Waals surface area contributed by atoms with Crippen molar-refractivity contribution in [2.24, 2.45) is 0 Å². The van der Waals surface area contributed by atoms with Crippen LogP contribution in [0.3, 0.4) is 0 Å².